The van der Waals surface area contributed by atoms with E-state index in [1.54, 1.807) is 0 Å². The van der Waals surface area contributed by atoms with Crippen LogP contribution in [-0.4, -0.2) is 40.5 Å². The van der Waals surface area contributed by atoms with Crippen LogP contribution in [0, 0.1) is 0 Å². The lowest BCUT2D eigenvalue weighted by Gasteiger charge is -2.24. The number of aromatic carboxylic acids is 1. The van der Waals surface area contributed by atoms with E-state index in [9.17, 15) is 9.59 Å². The molecule has 0 saturated heterocycles. The van der Waals surface area contributed by atoms with Gasteiger partial charge >= 0.3 is 12.1 Å². The Bertz CT molecular complexity index is 494. The number of aromatic amines is 1. The second-order valence-corrected chi connectivity index (χ2v) is 3.83. The van der Waals surface area contributed by atoms with Crippen LogP contribution in [0.5, 0.6) is 0 Å². The van der Waals surface area contributed by atoms with Crippen molar-refractivity contribution in [2.45, 2.75) is 12.8 Å². The second kappa shape index (κ2) is 4.91. The fraction of sp³-hybridized carbons (Fsp3) is 0.364. The monoisotopic (exact) mass is 251 g/mol. The van der Waals surface area contributed by atoms with Crippen molar-refractivity contribution in [3.8, 4) is 0 Å². The SMILES string of the molecule is C=CCOC(=O)N1CCCc2c1n[nH]c2C(=O)O. The summed E-state index contributed by atoms with van der Waals surface area (Å²) in [5.74, 6) is -0.738. The molecule has 0 atom stereocenters. The zero-order valence-corrected chi connectivity index (χ0v) is 9.68. The highest BCUT2D eigenvalue weighted by molar-refractivity contribution is 5.93. The Balaban J connectivity index is 2.26. The number of fused-ring (bicyclic) bond motifs is 1. The Morgan fingerprint density at radius 2 is 2.39 bits per heavy atom. The van der Waals surface area contributed by atoms with Crippen LogP contribution in [0.25, 0.3) is 0 Å². The van der Waals surface area contributed by atoms with Crippen molar-refractivity contribution in [2.75, 3.05) is 18.1 Å². The molecule has 0 radical (unpaired) electrons. The minimum absolute atomic E-state index is 0.0335. The van der Waals surface area contributed by atoms with Crippen LogP contribution in [0.1, 0.15) is 22.5 Å². The molecule has 2 rings (SSSR count). The van der Waals surface area contributed by atoms with E-state index in [2.05, 4.69) is 16.8 Å². The number of carboxylic acids is 1. The average Bonchev–Trinajstić information content (AvgIpc) is 2.79. The summed E-state index contributed by atoms with van der Waals surface area (Å²) >= 11 is 0. The van der Waals surface area contributed by atoms with Gasteiger partial charge in [0.25, 0.3) is 0 Å². The number of ether oxygens (including phenoxy) is 1. The highest BCUT2D eigenvalue weighted by Gasteiger charge is 2.30. The number of aromatic nitrogens is 2. The van der Waals surface area contributed by atoms with Crippen LogP contribution >= 0.6 is 0 Å². The normalized spacial score (nSPS) is 13.9. The predicted molar refractivity (Wildman–Crippen MR) is 62.8 cm³/mol. The first-order chi connectivity index (χ1) is 8.65. The van der Waals surface area contributed by atoms with Gasteiger partial charge in [-0.3, -0.25) is 10.00 Å². The van der Waals surface area contributed by atoms with Gasteiger partial charge in [0.2, 0.25) is 0 Å². The van der Waals surface area contributed by atoms with Gasteiger partial charge in [0.05, 0.1) is 0 Å². The quantitative estimate of drug-likeness (QED) is 0.786. The van der Waals surface area contributed by atoms with Crippen LogP contribution in [0.2, 0.25) is 0 Å². The molecule has 2 heterocycles. The summed E-state index contributed by atoms with van der Waals surface area (Å²) in [5.41, 5.74) is 0.579. The molecule has 96 valence electrons. The van der Waals surface area contributed by atoms with E-state index in [4.69, 9.17) is 9.84 Å². The average molecular weight is 251 g/mol. The van der Waals surface area contributed by atoms with Crippen molar-refractivity contribution in [1.29, 1.82) is 0 Å². The van der Waals surface area contributed by atoms with Gasteiger partial charge in [0.1, 0.15) is 12.3 Å². The lowest BCUT2D eigenvalue weighted by Crippen LogP contribution is -2.36. The summed E-state index contributed by atoms with van der Waals surface area (Å²) in [6.45, 7) is 4.03. The van der Waals surface area contributed by atoms with E-state index >= 15 is 0 Å². The molecule has 1 aliphatic rings. The predicted octanol–water partition coefficient (Wildman–Crippen LogP) is 1.18. The van der Waals surface area contributed by atoms with Crippen molar-refractivity contribution < 1.29 is 19.4 Å². The molecular formula is C11H13N3O4. The summed E-state index contributed by atoms with van der Waals surface area (Å²) < 4.78 is 4.92. The van der Waals surface area contributed by atoms with Crippen LogP contribution in [-0.2, 0) is 11.2 Å². The molecular weight excluding hydrogens is 238 g/mol. The smallest absolute Gasteiger partial charge is 0.415 e. The molecule has 0 aromatic carbocycles. The van der Waals surface area contributed by atoms with Gasteiger partial charge in [0.15, 0.2) is 5.82 Å². The number of anilines is 1. The largest absolute Gasteiger partial charge is 0.477 e. The van der Waals surface area contributed by atoms with Gasteiger partial charge in [0, 0.05) is 12.1 Å². The molecule has 2 N–H and O–H groups in total. The number of carbonyl (C=O) groups excluding carboxylic acids is 1. The second-order valence-electron chi connectivity index (χ2n) is 3.83. The number of nitrogens with zero attached hydrogens (tertiary/aromatic N) is 2. The van der Waals surface area contributed by atoms with Gasteiger partial charge < -0.3 is 9.84 Å². The first-order valence-electron chi connectivity index (χ1n) is 5.51. The van der Waals surface area contributed by atoms with Gasteiger partial charge in [-0.25, -0.2) is 9.59 Å². The Morgan fingerprint density at radius 1 is 1.61 bits per heavy atom. The molecule has 0 fully saturated rings. The Hall–Kier alpha value is -2.31. The maximum atomic E-state index is 11.8. The third-order valence-electron chi connectivity index (χ3n) is 2.67. The number of H-pyrrole nitrogens is 1. The maximum Gasteiger partial charge on any atom is 0.415 e. The summed E-state index contributed by atoms with van der Waals surface area (Å²) in [6.07, 6.45) is 2.18. The van der Waals surface area contributed by atoms with Crippen molar-refractivity contribution in [3.63, 3.8) is 0 Å². The standard InChI is InChI=1S/C11H13N3O4/c1-2-6-18-11(17)14-5-3-4-7-8(10(15)16)12-13-9(7)14/h2H,1,3-6H2,(H,12,13)(H,15,16). The van der Waals surface area contributed by atoms with Gasteiger partial charge in [-0.2, -0.15) is 5.10 Å². The number of amides is 1. The minimum atomic E-state index is -1.08. The zero-order chi connectivity index (χ0) is 13.1. The Morgan fingerprint density at radius 3 is 3.06 bits per heavy atom. The fourth-order valence-corrected chi connectivity index (χ4v) is 1.90. The van der Waals surface area contributed by atoms with E-state index in [1.807, 2.05) is 0 Å². The van der Waals surface area contributed by atoms with Crippen molar-refractivity contribution in [1.82, 2.24) is 10.2 Å². The summed E-state index contributed by atoms with van der Waals surface area (Å²) in [5, 5.41) is 15.3. The van der Waals surface area contributed by atoms with E-state index in [0.29, 0.717) is 30.8 Å². The Kier molecular flexibility index (Phi) is 3.31. The van der Waals surface area contributed by atoms with Crippen LogP contribution in [0.4, 0.5) is 10.6 Å². The van der Waals surface area contributed by atoms with E-state index in [0.717, 1.165) is 0 Å². The fourth-order valence-electron chi connectivity index (χ4n) is 1.90. The first-order valence-corrected chi connectivity index (χ1v) is 5.51. The number of rotatable bonds is 3. The van der Waals surface area contributed by atoms with Crippen LogP contribution < -0.4 is 4.90 Å². The number of hydrogen-bond acceptors (Lipinski definition) is 4. The molecule has 1 amide bonds. The van der Waals surface area contributed by atoms with Crippen LogP contribution in [0.15, 0.2) is 12.7 Å². The third kappa shape index (κ3) is 2.06. The molecule has 1 aromatic heterocycles. The molecule has 7 nitrogen and oxygen atoms in total. The number of nitrogens with one attached hydrogen (secondary N) is 1. The summed E-state index contributed by atoms with van der Waals surface area (Å²) in [7, 11) is 0. The van der Waals surface area contributed by atoms with E-state index in [-0.39, 0.29) is 12.3 Å². The van der Waals surface area contributed by atoms with Crippen molar-refractivity contribution in [2.24, 2.45) is 0 Å². The molecule has 0 spiro atoms. The van der Waals surface area contributed by atoms with Crippen molar-refractivity contribution >= 4 is 17.9 Å². The number of carboxylic acid groups (broad SMARTS) is 1. The molecule has 18 heavy (non-hydrogen) atoms. The topological polar surface area (TPSA) is 95.5 Å². The molecule has 7 heteroatoms. The Labute approximate surface area is 103 Å². The van der Waals surface area contributed by atoms with Gasteiger partial charge in [-0.05, 0) is 12.8 Å². The van der Waals surface area contributed by atoms with Crippen LogP contribution in [0.3, 0.4) is 0 Å². The minimum Gasteiger partial charge on any atom is -0.477 e. The highest BCUT2D eigenvalue weighted by atomic mass is 16.6. The molecule has 0 saturated carbocycles. The molecule has 0 bridgehead atoms. The first kappa shape index (κ1) is 12.2. The van der Waals surface area contributed by atoms with Gasteiger partial charge in [-0.1, -0.05) is 12.7 Å². The summed E-state index contributed by atoms with van der Waals surface area (Å²) in [6, 6.07) is 0. The van der Waals surface area contributed by atoms with E-state index in [1.165, 1.54) is 11.0 Å². The molecule has 0 unspecified atom stereocenters. The highest BCUT2D eigenvalue weighted by Crippen LogP contribution is 2.27. The molecule has 1 aliphatic heterocycles. The molecule has 0 aliphatic carbocycles. The summed E-state index contributed by atoms with van der Waals surface area (Å²) in [4.78, 5) is 24.1. The van der Waals surface area contributed by atoms with Gasteiger partial charge in [-0.15, -0.1) is 0 Å². The third-order valence-corrected chi connectivity index (χ3v) is 2.67. The lowest BCUT2D eigenvalue weighted by atomic mass is 10.1. The number of hydrogen-bond donors (Lipinski definition) is 2. The number of carbonyl (C=O) groups is 2. The molecule has 1 aromatic rings. The zero-order valence-electron chi connectivity index (χ0n) is 9.68. The van der Waals surface area contributed by atoms with Crippen molar-refractivity contribution in [3.05, 3.63) is 23.9 Å². The maximum absolute atomic E-state index is 11.8. The lowest BCUT2D eigenvalue weighted by molar-refractivity contribution is 0.0689. The van der Waals surface area contributed by atoms with E-state index < -0.39 is 12.1 Å².